The van der Waals surface area contributed by atoms with Gasteiger partial charge in [-0.15, -0.1) is 0 Å². The van der Waals surface area contributed by atoms with E-state index in [0.29, 0.717) is 67.3 Å². The van der Waals surface area contributed by atoms with Gasteiger partial charge in [-0.2, -0.15) is 0 Å². The summed E-state index contributed by atoms with van der Waals surface area (Å²) in [5.74, 6) is -7.47. The number of carboxylic acid groups (broad SMARTS) is 3. The van der Waals surface area contributed by atoms with Crippen LogP contribution in [0.3, 0.4) is 0 Å². The standard InChI is InChI=1S/3C25H17N4O6.Co/c3*30-11-20(31)23(32)24(33)21-16-5-3-14(27-16)9-12-1-2-13(26-12)10-15-4-6-18(28-15)22(25(34)35)19-8-7-17(21)29-19;/h3*1-10,20,23,27-28,31-32H,(H,34,35);/q;;;+3/p-3. The molecular formula is C75H48CoN12O18. The van der Waals surface area contributed by atoms with Crippen molar-refractivity contribution in [1.82, 2.24) is 59.8 Å². The topological polar surface area (TPSA) is 516 Å². The quantitative estimate of drug-likeness (QED) is 0.0656. The molecule has 6 unspecified atom stereocenters. The molecule has 6 aliphatic heterocycles. The molecule has 0 aromatic carbocycles. The first-order valence-corrected chi connectivity index (χ1v) is 31.3. The van der Waals surface area contributed by atoms with Crippen molar-refractivity contribution in [3.05, 3.63) is 211 Å². The molecule has 0 saturated carbocycles. The average molecular weight is 1460 g/mol. The van der Waals surface area contributed by atoms with E-state index >= 15 is 0 Å². The third kappa shape index (κ3) is 14.9. The number of aliphatic hydroxyl groups excluding tert-OH is 6. The van der Waals surface area contributed by atoms with Crippen LogP contribution in [0.5, 0.6) is 0 Å². The van der Waals surface area contributed by atoms with Gasteiger partial charge >= 0.3 is 16.8 Å². The summed E-state index contributed by atoms with van der Waals surface area (Å²) < 4.78 is 0. The number of nitrogens with zero attached hydrogens (tertiary/aromatic N) is 6. The minimum Gasteiger partial charge on any atom is -0.545 e. The summed E-state index contributed by atoms with van der Waals surface area (Å²) in [5.41, 5.74) is 7.61. The van der Waals surface area contributed by atoms with Gasteiger partial charge in [0.05, 0.1) is 119 Å². The second-order valence-corrected chi connectivity index (χ2v) is 23.6. The van der Waals surface area contributed by atoms with Gasteiger partial charge in [0, 0.05) is 66.3 Å². The summed E-state index contributed by atoms with van der Waals surface area (Å²) in [5, 5.41) is 95.8. The number of rotatable bonds is 15. The Morgan fingerprint density at radius 2 is 0.462 bits per heavy atom. The van der Waals surface area contributed by atoms with Gasteiger partial charge in [-0.1, -0.05) is 0 Å². The maximum atomic E-state index is 13.1. The monoisotopic (exact) mass is 1460 g/mol. The van der Waals surface area contributed by atoms with Gasteiger partial charge in [-0.25, -0.2) is 29.9 Å². The number of fused-ring (bicyclic) bond motifs is 24. The Morgan fingerprint density at radius 1 is 0.283 bits per heavy atom. The normalized spacial score (nSPS) is 13.9. The SMILES string of the molecule is O=[C]C(O)C(O)C(=O)c1c2nc(c(C(=O)[O-])c3ccc(cc4nc(cc5ccc1[nH]5)C=C4)[nH]3)C=C2.O=[C]C(O)C(O)C(=O)c1c2nc(c(C(=O)[O-])c3ccc(cc4nc(cc5ccc1[nH]5)C=C4)[nH]3)C=C2.O=[C]C(O)C(O)C(=O)c1c2nc(c(C(=O)[O-])c3ccc(cc4nc(cc5ccc1[nH]5)C=C4)[nH]3)C=C2.[Co+3]. The van der Waals surface area contributed by atoms with Crippen LogP contribution in [-0.4, -0.2) is 181 Å². The van der Waals surface area contributed by atoms with E-state index < -0.39 is 71.9 Å². The maximum absolute atomic E-state index is 13.1. The Bertz CT molecular complexity index is 5410. The fraction of sp³-hybridized carbons (Fsp3) is 0.0800. The summed E-state index contributed by atoms with van der Waals surface area (Å²) in [6.07, 6.45) is 10.1. The van der Waals surface area contributed by atoms with Crippen molar-refractivity contribution in [3.8, 4) is 0 Å². The summed E-state index contributed by atoms with van der Waals surface area (Å²) in [6, 6.07) is 29.9. The molecule has 6 aliphatic rings. The van der Waals surface area contributed by atoms with E-state index in [9.17, 15) is 89.1 Å². The Hall–Kier alpha value is -13.5. The number of aromatic amines is 6. The third-order valence-electron chi connectivity index (χ3n) is 16.6. The van der Waals surface area contributed by atoms with Crippen molar-refractivity contribution >= 4 is 193 Å². The molecule has 9 aromatic heterocycles. The van der Waals surface area contributed by atoms with Crippen LogP contribution in [0.25, 0.3) is 139 Å². The van der Waals surface area contributed by atoms with Crippen LogP contribution in [-0.2, 0) is 31.2 Å². The second-order valence-electron chi connectivity index (χ2n) is 23.6. The molecule has 0 spiro atoms. The van der Waals surface area contributed by atoms with Crippen LogP contribution in [0.2, 0.25) is 0 Å². The van der Waals surface area contributed by atoms with Crippen molar-refractivity contribution in [2.45, 2.75) is 36.6 Å². The molecule has 0 aliphatic carbocycles. The number of carbonyl (C=O) groups excluding carboxylic acids is 9. The smallest absolute Gasteiger partial charge is 0.545 e. The van der Waals surface area contributed by atoms with Crippen LogP contribution in [0, 0.1) is 0 Å². The van der Waals surface area contributed by atoms with Crippen LogP contribution in [0.1, 0.15) is 130 Å². The third-order valence-corrected chi connectivity index (χ3v) is 16.6. The molecule has 0 amide bonds. The Balaban J connectivity index is 0.000000148. The second kappa shape index (κ2) is 30.2. The van der Waals surface area contributed by atoms with Crippen LogP contribution in [0.4, 0.5) is 0 Å². The first-order chi connectivity index (χ1) is 50.5. The van der Waals surface area contributed by atoms with E-state index in [0.717, 1.165) is 0 Å². The van der Waals surface area contributed by atoms with Crippen LogP contribution in [0.15, 0.2) is 109 Å². The van der Waals surface area contributed by atoms with Crippen molar-refractivity contribution in [2.24, 2.45) is 0 Å². The number of Topliss-reactive ketones (excluding diaryl/α,β-unsaturated/α-hetero) is 3. The van der Waals surface area contributed by atoms with Gasteiger partial charge in [0.15, 0.2) is 54.0 Å². The molecule has 9 aromatic rings. The van der Waals surface area contributed by atoms with Crippen molar-refractivity contribution in [2.75, 3.05) is 0 Å². The molecule has 6 atom stereocenters. The van der Waals surface area contributed by atoms with Gasteiger partial charge in [0.25, 0.3) is 0 Å². The zero-order valence-electron chi connectivity index (χ0n) is 53.9. The van der Waals surface area contributed by atoms with Gasteiger partial charge in [0.1, 0.15) is 0 Å². The first-order valence-electron chi connectivity index (χ1n) is 31.3. The van der Waals surface area contributed by atoms with Crippen molar-refractivity contribution < 1.29 is 106 Å². The molecular weight excluding hydrogens is 1420 g/mol. The van der Waals surface area contributed by atoms with Crippen LogP contribution < -0.4 is 15.3 Å². The Morgan fingerprint density at radius 3 is 0.642 bits per heavy atom. The number of carboxylic acids is 3. The van der Waals surface area contributed by atoms with E-state index in [1.54, 1.807) is 146 Å². The van der Waals surface area contributed by atoms with Gasteiger partial charge in [-0.3, -0.25) is 28.8 Å². The number of H-pyrrole nitrogens is 6. The maximum Gasteiger partial charge on any atom is 3.00 e. The van der Waals surface area contributed by atoms with E-state index in [1.807, 2.05) is 0 Å². The number of nitrogens with one attached hydrogen (secondary N) is 6. The number of aromatic carboxylic acids is 3. The minimum atomic E-state index is -2.10. The van der Waals surface area contributed by atoms with Crippen molar-refractivity contribution in [3.63, 3.8) is 0 Å². The molecule has 525 valence electrons. The molecule has 12 N–H and O–H groups in total. The summed E-state index contributed by atoms with van der Waals surface area (Å²) in [7, 11) is 0. The molecule has 0 saturated heterocycles. The number of carbonyl (C=O) groups is 6. The Kier molecular flexibility index (Phi) is 20.6. The van der Waals surface area contributed by atoms with E-state index in [4.69, 9.17) is 0 Å². The van der Waals surface area contributed by atoms with Crippen LogP contribution >= 0.6 is 0 Å². The van der Waals surface area contributed by atoms with Gasteiger partial charge < -0.3 is 90.2 Å². The first kappa shape index (κ1) is 72.3. The van der Waals surface area contributed by atoms with E-state index in [1.165, 1.54) is 55.3 Å². The van der Waals surface area contributed by atoms with E-state index in [2.05, 4.69) is 59.8 Å². The number of hydrogen-bond donors (Lipinski definition) is 12. The summed E-state index contributed by atoms with van der Waals surface area (Å²) in [6.45, 7) is 0. The molecule has 0 fully saturated rings. The van der Waals surface area contributed by atoms with Gasteiger partial charge in [0.2, 0.25) is 18.9 Å². The molecule has 24 bridgehead atoms. The predicted molar refractivity (Wildman–Crippen MR) is 376 cm³/mol. The Labute approximate surface area is 603 Å². The molecule has 30 nitrogen and oxygen atoms in total. The zero-order valence-corrected chi connectivity index (χ0v) is 54.9. The minimum absolute atomic E-state index is 0. The average Bonchev–Trinajstić information content (AvgIpc) is 1.64. The predicted octanol–water partition coefficient (Wildman–Crippen LogP) is 3.10. The largest absolute Gasteiger partial charge is 3.00 e. The molecule has 31 heteroatoms. The number of hydrogen-bond acceptors (Lipinski definition) is 24. The van der Waals surface area contributed by atoms with Gasteiger partial charge in [-0.05, 0) is 182 Å². The fourth-order valence-electron chi connectivity index (χ4n) is 11.7. The number of ketones is 3. The number of aliphatic hydroxyl groups is 6. The van der Waals surface area contributed by atoms with E-state index in [-0.39, 0.29) is 117 Å². The zero-order chi connectivity index (χ0) is 74.1. The summed E-state index contributed by atoms with van der Waals surface area (Å²) in [4.78, 5) is 152. The fourth-order valence-corrected chi connectivity index (χ4v) is 11.7. The molecule has 15 heterocycles. The molecule has 106 heavy (non-hydrogen) atoms. The number of aromatic nitrogens is 12. The van der Waals surface area contributed by atoms with Crippen molar-refractivity contribution in [1.29, 1.82) is 0 Å². The molecule has 3 radical (unpaired) electrons. The summed E-state index contributed by atoms with van der Waals surface area (Å²) >= 11 is 0. The molecule has 15 rings (SSSR count).